The lowest BCUT2D eigenvalue weighted by Gasteiger charge is -2.21. The van der Waals surface area contributed by atoms with Crippen molar-refractivity contribution in [3.05, 3.63) is 100.0 Å². The fourth-order valence-electron chi connectivity index (χ4n) is 4.20. The predicted molar refractivity (Wildman–Crippen MR) is 129 cm³/mol. The SMILES string of the molecule is C#Cc1cccc2cc(C(C)NC(=O)c3c(N)[nH][n+]4cccnc34)n(-c3ccc(F)cc3)c(=O)c12. The number of hydrogen-bond donors (Lipinski definition) is 3. The third kappa shape index (κ3) is 3.67. The second-order valence-electron chi connectivity index (χ2n) is 8.01. The number of pyridine rings is 1. The molecule has 9 heteroatoms. The standard InChI is InChI=1S/C26H19FN6O2/c1-3-16-6-4-7-17-14-20(33(26(35)21(16)17)19-10-8-18(27)9-11-19)15(2)30-25(34)22-23(28)31-32-13-5-12-29-24(22)32/h1,4-15H,2H3,(H3,28,30,31,34)/p+1. The minimum Gasteiger partial charge on any atom is -0.382 e. The van der Waals surface area contributed by atoms with Crippen LogP contribution in [0.25, 0.3) is 22.1 Å². The van der Waals surface area contributed by atoms with E-state index in [-0.39, 0.29) is 16.9 Å². The summed E-state index contributed by atoms with van der Waals surface area (Å²) in [6, 6.07) is 13.6. The number of nitrogens with zero attached hydrogens (tertiary/aromatic N) is 3. The van der Waals surface area contributed by atoms with Gasteiger partial charge in [0.05, 0.1) is 11.4 Å². The van der Waals surface area contributed by atoms with E-state index in [4.69, 9.17) is 12.2 Å². The van der Waals surface area contributed by atoms with Crippen LogP contribution >= 0.6 is 0 Å². The van der Waals surface area contributed by atoms with Gasteiger partial charge in [-0.05, 0) is 53.7 Å². The number of benzene rings is 2. The van der Waals surface area contributed by atoms with Gasteiger partial charge in [0.2, 0.25) is 0 Å². The molecule has 172 valence electrons. The molecule has 1 amide bonds. The minimum atomic E-state index is -0.641. The Morgan fingerprint density at radius 1 is 1.26 bits per heavy atom. The number of fused-ring (bicyclic) bond motifs is 2. The number of nitrogens with two attached hydrogens (primary N) is 1. The van der Waals surface area contributed by atoms with E-state index in [1.807, 2.05) is 0 Å². The molecule has 5 rings (SSSR count). The van der Waals surface area contributed by atoms with Crippen LogP contribution in [0.3, 0.4) is 0 Å². The predicted octanol–water partition coefficient (Wildman–Crippen LogP) is 2.65. The topological polar surface area (TPSA) is 110 Å². The molecule has 0 radical (unpaired) electrons. The Morgan fingerprint density at radius 3 is 2.77 bits per heavy atom. The number of halogens is 1. The number of aromatic amines is 1. The fourth-order valence-corrected chi connectivity index (χ4v) is 4.20. The molecule has 0 bridgehead atoms. The molecule has 3 heterocycles. The monoisotopic (exact) mass is 467 g/mol. The molecule has 0 aliphatic heterocycles. The van der Waals surface area contributed by atoms with E-state index in [0.29, 0.717) is 33.4 Å². The van der Waals surface area contributed by atoms with Crippen LogP contribution in [0, 0.1) is 18.2 Å². The van der Waals surface area contributed by atoms with E-state index in [9.17, 15) is 14.0 Å². The molecular weight excluding hydrogens is 447 g/mol. The highest BCUT2D eigenvalue weighted by Crippen LogP contribution is 2.24. The lowest BCUT2D eigenvalue weighted by molar-refractivity contribution is -0.577. The van der Waals surface area contributed by atoms with Crippen LogP contribution in [0.15, 0.2) is 71.8 Å². The number of anilines is 1. The largest absolute Gasteiger partial charge is 0.382 e. The summed E-state index contributed by atoms with van der Waals surface area (Å²) in [7, 11) is 0. The van der Waals surface area contributed by atoms with Gasteiger partial charge in [-0.1, -0.05) is 18.1 Å². The number of hydrogen-bond acceptors (Lipinski definition) is 4. The molecule has 35 heavy (non-hydrogen) atoms. The third-order valence-electron chi connectivity index (χ3n) is 5.81. The van der Waals surface area contributed by atoms with Crippen molar-refractivity contribution in [2.24, 2.45) is 0 Å². The van der Waals surface area contributed by atoms with Crippen molar-refractivity contribution >= 4 is 28.1 Å². The third-order valence-corrected chi connectivity index (χ3v) is 5.81. The molecule has 2 aromatic carbocycles. The summed E-state index contributed by atoms with van der Waals surface area (Å²) in [6.45, 7) is 1.75. The van der Waals surface area contributed by atoms with Gasteiger partial charge in [0.1, 0.15) is 18.2 Å². The molecule has 0 saturated carbocycles. The van der Waals surface area contributed by atoms with Gasteiger partial charge < -0.3 is 11.1 Å². The Hall–Kier alpha value is -4.97. The fraction of sp³-hybridized carbons (Fsp3) is 0.0769. The zero-order valence-corrected chi connectivity index (χ0v) is 18.6. The molecular formula is C26H20FN6O2+. The number of nitrogens with one attached hydrogen (secondary N) is 2. The van der Waals surface area contributed by atoms with Crippen LogP contribution in [-0.4, -0.2) is 20.6 Å². The van der Waals surface area contributed by atoms with Gasteiger partial charge in [-0.15, -0.1) is 10.9 Å². The molecule has 0 saturated heterocycles. The number of carbonyl (C=O) groups is 1. The van der Waals surface area contributed by atoms with Gasteiger partial charge in [0, 0.05) is 23.0 Å². The Kier molecular flexibility index (Phi) is 5.26. The Morgan fingerprint density at radius 2 is 2.03 bits per heavy atom. The van der Waals surface area contributed by atoms with Crippen LogP contribution in [0.4, 0.5) is 10.2 Å². The Balaban J connectivity index is 1.66. The maximum Gasteiger partial charge on any atom is 0.362 e. The molecule has 0 fully saturated rings. The first-order valence-electron chi connectivity index (χ1n) is 10.7. The zero-order valence-electron chi connectivity index (χ0n) is 18.6. The summed E-state index contributed by atoms with van der Waals surface area (Å²) in [4.78, 5) is 31.2. The lowest BCUT2D eigenvalue weighted by atomic mass is 10.0. The number of carbonyl (C=O) groups excluding carboxylic acids is 1. The van der Waals surface area contributed by atoms with Crippen molar-refractivity contribution in [2.45, 2.75) is 13.0 Å². The van der Waals surface area contributed by atoms with E-state index in [1.165, 1.54) is 28.8 Å². The summed E-state index contributed by atoms with van der Waals surface area (Å²) in [5.41, 5.74) is 7.59. The van der Waals surface area contributed by atoms with Crippen molar-refractivity contribution in [3.8, 4) is 18.0 Å². The van der Waals surface area contributed by atoms with Gasteiger partial charge in [0.15, 0.2) is 11.4 Å². The number of terminal acetylenes is 1. The quantitative estimate of drug-likeness (QED) is 0.279. The van der Waals surface area contributed by atoms with Crippen molar-refractivity contribution in [1.29, 1.82) is 0 Å². The van der Waals surface area contributed by atoms with Gasteiger partial charge >= 0.3 is 5.65 Å². The van der Waals surface area contributed by atoms with E-state index < -0.39 is 17.8 Å². The number of rotatable bonds is 4. The molecule has 3 aromatic heterocycles. The molecule has 1 unspecified atom stereocenters. The highest BCUT2D eigenvalue weighted by atomic mass is 19.1. The van der Waals surface area contributed by atoms with E-state index in [0.717, 1.165) is 0 Å². The summed E-state index contributed by atoms with van der Waals surface area (Å²) in [6.07, 6.45) is 8.89. The first-order valence-corrected chi connectivity index (χ1v) is 10.7. The van der Waals surface area contributed by atoms with Crippen molar-refractivity contribution in [1.82, 2.24) is 20.0 Å². The van der Waals surface area contributed by atoms with Crippen molar-refractivity contribution < 1.29 is 13.7 Å². The van der Waals surface area contributed by atoms with Crippen molar-refractivity contribution in [3.63, 3.8) is 0 Å². The molecule has 8 nitrogen and oxygen atoms in total. The minimum absolute atomic E-state index is 0.154. The van der Waals surface area contributed by atoms with E-state index in [1.54, 1.807) is 54.2 Å². The van der Waals surface area contributed by atoms with E-state index in [2.05, 4.69) is 21.3 Å². The molecule has 5 aromatic rings. The average Bonchev–Trinajstić information content (AvgIpc) is 3.19. The highest BCUT2D eigenvalue weighted by Gasteiger charge is 2.27. The van der Waals surface area contributed by atoms with Crippen LogP contribution in [0.1, 0.15) is 34.6 Å². The summed E-state index contributed by atoms with van der Waals surface area (Å²) < 4.78 is 16.6. The first-order chi connectivity index (χ1) is 16.9. The van der Waals surface area contributed by atoms with Crippen LogP contribution < -0.4 is 21.1 Å². The second kappa shape index (κ2) is 8.43. The number of amides is 1. The summed E-state index contributed by atoms with van der Waals surface area (Å²) in [5.74, 6) is 1.80. The molecule has 4 N–H and O–H groups in total. The highest BCUT2D eigenvalue weighted by molar-refractivity contribution is 6.03. The van der Waals surface area contributed by atoms with Crippen LogP contribution in [0.5, 0.6) is 0 Å². The van der Waals surface area contributed by atoms with Gasteiger partial charge in [-0.25, -0.2) is 9.49 Å². The molecule has 0 aliphatic carbocycles. The van der Waals surface area contributed by atoms with Gasteiger partial charge in [-0.2, -0.15) is 0 Å². The van der Waals surface area contributed by atoms with Crippen LogP contribution in [0.2, 0.25) is 0 Å². The average molecular weight is 467 g/mol. The summed E-state index contributed by atoms with van der Waals surface area (Å²) >= 11 is 0. The van der Waals surface area contributed by atoms with Crippen LogP contribution in [-0.2, 0) is 0 Å². The van der Waals surface area contributed by atoms with Gasteiger partial charge in [-0.3, -0.25) is 14.2 Å². The molecule has 0 spiro atoms. The van der Waals surface area contributed by atoms with E-state index >= 15 is 0 Å². The number of nitrogen functional groups attached to an aromatic ring is 1. The maximum atomic E-state index is 13.7. The van der Waals surface area contributed by atoms with Crippen molar-refractivity contribution in [2.75, 3.05) is 5.73 Å². The first kappa shape index (κ1) is 21.9. The molecule has 1 atom stereocenters. The second-order valence-corrected chi connectivity index (χ2v) is 8.01. The normalized spacial score (nSPS) is 11.9. The number of aromatic nitrogens is 4. The summed E-state index contributed by atoms with van der Waals surface area (Å²) in [5, 5.41) is 6.77. The Bertz CT molecular complexity index is 1710. The number of H-pyrrole nitrogens is 1. The van der Waals surface area contributed by atoms with Gasteiger partial charge in [0.25, 0.3) is 11.5 Å². The zero-order chi connectivity index (χ0) is 24.7. The Labute approximate surface area is 198 Å². The molecule has 0 aliphatic rings. The maximum absolute atomic E-state index is 13.7. The smallest absolute Gasteiger partial charge is 0.362 e. The lowest BCUT2D eigenvalue weighted by Crippen LogP contribution is -2.33.